The minimum Gasteiger partial charge on any atom is -0.352 e. The molecule has 0 aliphatic carbocycles. The first-order valence-corrected chi connectivity index (χ1v) is 11.4. The van der Waals surface area contributed by atoms with Crippen molar-refractivity contribution in [2.45, 2.75) is 44.7 Å². The van der Waals surface area contributed by atoms with Crippen molar-refractivity contribution in [1.82, 2.24) is 15.6 Å². The topological polar surface area (TPSA) is 117 Å². The van der Waals surface area contributed by atoms with Gasteiger partial charge in [-0.1, -0.05) is 17.4 Å². The Kier molecular flexibility index (Phi) is 6.96. The molecule has 0 aliphatic heterocycles. The van der Waals surface area contributed by atoms with Crippen LogP contribution in [0.4, 0.5) is 14.3 Å². The average Bonchev–Trinajstić information content (AvgIpc) is 2.92. The number of carbonyl (C=O) groups is 2. The van der Waals surface area contributed by atoms with Crippen molar-refractivity contribution in [2.75, 3.05) is 11.6 Å². The number of nitrogens with zero attached hydrogens (tertiary/aromatic N) is 1. The van der Waals surface area contributed by atoms with Crippen LogP contribution >= 0.6 is 11.3 Å². The van der Waals surface area contributed by atoms with Crippen LogP contribution in [-0.4, -0.2) is 43.7 Å². The van der Waals surface area contributed by atoms with Gasteiger partial charge in [0.05, 0.1) is 10.6 Å². The van der Waals surface area contributed by atoms with Crippen LogP contribution in [0.1, 0.15) is 26.5 Å². The lowest BCUT2D eigenvalue weighted by Crippen LogP contribution is -2.48. The van der Waals surface area contributed by atoms with Crippen LogP contribution in [0.3, 0.4) is 0 Å². The number of rotatable bonds is 6. The number of urea groups is 1. The normalized spacial score (nSPS) is 12.5. The molecule has 2 rings (SSSR count). The molecule has 0 saturated carbocycles. The van der Waals surface area contributed by atoms with Crippen LogP contribution in [0.5, 0.6) is 0 Å². The molecule has 3 amide bonds. The van der Waals surface area contributed by atoms with Crippen molar-refractivity contribution in [3.63, 3.8) is 0 Å². The molecule has 3 N–H and O–H groups in total. The van der Waals surface area contributed by atoms with Crippen molar-refractivity contribution in [3.05, 3.63) is 29.7 Å². The molecule has 8 nitrogen and oxygen atoms in total. The van der Waals surface area contributed by atoms with Crippen molar-refractivity contribution in [3.8, 4) is 10.4 Å². The summed E-state index contributed by atoms with van der Waals surface area (Å²) in [6, 6.07) is 2.43. The molecule has 1 aromatic heterocycles. The summed E-state index contributed by atoms with van der Waals surface area (Å²) < 4.78 is 37.3. The molecule has 1 unspecified atom stereocenters. The van der Waals surface area contributed by atoms with Crippen molar-refractivity contribution >= 4 is 38.2 Å². The number of aromatic nitrogens is 1. The van der Waals surface area contributed by atoms with E-state index in [4.69, 9.17) is 0 Å². The van der Waals surface area contributed by atoms with E-state index < -0.39 is 27.7 Å². The van der Waals surface area contributed by atoms with Gasteiger partial charge < -0.3 is 10.6 Å². The highest BCUT2D eigenvalue weighted by atomic mass is 32.2. The summed E-state index contributed by atoms with van der Waals surface area (Å²) in [7, 11) is -3.66. The third-order valence-electron chi connectivity index (χ3n) is 3.78. The molecule has 0 bridgehead atoms. The predicted molar refractivity (Wildman–Crippen MR) is 110 cm³/mol. The van der Waals surface area contributed by atoms with Gasteiger partial charge in [-0.2, -0.15) is 0 Å². The number of anilines is 1. The van der Waals surface area contributed by atoms with Crippen LogP contribution in [0, 0.1) is 12.7 Å². The van der Waals surface area contributed by atoms with Gasteiger partial charge in [-0.25, -0.2) is 22.6 Å². The number of halogens is 1. The minimum atomic E-state index is -3.66. The number of benzene rings is 1. The maximum atomic E-state index is 14.2. The molecule has 0 aliphatic rings. The van der Waals surface area contributed by atoms with E-state index in [1.54, 1.807) is 13.8 Å². The smallest absolute Gasteiger partial charge is 0.321 e. The highest BCUT2D eigenvalue weighted by Crippen LogP contribution is 2.34. The molecular formula is C18H23FN4O4S2. The quantitative estimate of drug-likeness (QED) is 0.636. The van der Waals surface area contributed by atoms with Gasteiger partial charge in [0.15, 0.2) is 15.0 Å². The van der Waals surface area contributed by atoms with E-state index in [2.05, 4.69) is 20.9 Å². The third kappa shape index (κ3) is 5.97. The summed E-state index contributed by atoms with van der Waals surface area (Å²) in [5.74, 6) is -1.16. The second-order valence-corrected chi connectivity index (χ2v) is 9.82. The van der Waals surface area contributed by atoms with Gasteiger partial charge in [-0.3, -0.25) is 10.1 Å². The largest absolute Gasteiger partial charge is 0.352 e. The van der Waals surface area contributed by atoms with E-state index in [0.29, 0.717) is 16.1 Å². The Bertz CT molecular complexity index is 1030. The monoisotopic (exact) mass is 442 g/mol. The highest BCUT2D eigenvalue weighted by Gasteiger charge is 2.19. The highest BCUT2D eigenvalue weighted by molar-refractivity contribution is 7.90. The minimum absolute atomic E-state index is 0.0477. The lowest BCUT2D eigenvalue weighted by atomic mass is 10.1. The molecule has 1 atom stereocenters. The molecule has 0 spiro atoms. The zero-order valence-corrected chi connectivity index (χ0v) is 18.3. The van der Waals surface area contributed by atoms with E-state index >= 15 is 0 Å². The molecule has 29 heavy (non-hydrogen) atoms. The van der Waals surface area contributed by atoms with E-state index in [0.717, 1.165) is 23.7 Å². The number of aryl methyl sites for hydroxylation is 1. The maximum absolute atomic E-state index is 14.2. The molecule has 0 saturated heterocycles. The Balaban J connectivity index is 2.14. The fourth-order valence-electron chi connectivity index (χ4n) is 2.47. The number of sulfone groups is 1. The Morgan fingerprint density at radius 1 is 1.17 bits per heavy atom. The zero-order valence-electron chi connectivity index (χ0n) is 16.7. The third-order valence-corrected chi connectivity index (χ3v) is 6.03. The molecule has 2 aromatic rings. The van der Waals surface area contributed by atoms with Crippen molar-refractivity contribution < 1.29 is 22.4 Å². The van der Waals surface area contributed by atoms with Gasteiger partial charge in [-0.05, 0) is 45.4 Å². The summed E-state index contributed by atoms with van der Waals surface area (Å²) >= 11 is 1.11. The van der Waals surface area contributed by atoms with Gasteiger partial charge in [0.1, 0.15) is 16.8 Å². The summed E-state index contributed by atoms with van der Waals surface area (Å²) in [4.78, 5) is 28.4. The van der Waals surface area contributed by atoms with Crippen molar-refractivity contribution in [1.29, 1.82) is 0 Å². The second-order valence-electron chi connectivity index (χ2n) is 6.83. The van der Waals surface area contributed by atoms with E-state index in [1.165, 1.54) is 12.1 Å². The fraction of sp³-hybridized carbons (Fsp3) is 0.389. The van der Waals surface area contributed by atoms with Gasteiger partial charge in [-0.15, -0.1) is 0 Å². The standard InChI is InChI=1S/C18H23FN4O4S2/c1-9(2)20-16(24)11(4)21-17(25)23-18-22-10(3)15(28-18)12-6-7-14(13(19)8-12)29(5,26)27/h6-9,11H,1-5H3,(H,20,24)(H2,21,22,23,25). The number of amides is 3. The van der Waals surface area contributed by atoms with Crippen LogP contribution in [0.15, 0.2) is 23.1 Å². The SMILES string of the molecule is Cc1nc(NC(=O)NC(C)C(=O)NC(C)C)sc1-c1ccc(S(C)(=O)=O)c(F)c1. The van der Waals surface area contributed by atoms with Crippen LogP contribution < -0.4 is 16.0 Å². The lowest BCUT2D eigenvalue weighted by Gasteiger charge is -2.15. The molecule has 1 heterocycles. The van der Waals surface area contributed by atoms with E-state index in [1.807, 2.05) is 13.8 Å². The summed E-state index contributed by atoms with van der Waals surface area (Å²) in [5.41, 5.74) is 0.991. The molecule has 0 radical (unpaired) electrons. The average molecular weight is 443 g/mol. The Labute approximate surface area is 172 Å². The Morgan fingerprint density at radius 3 is 2.38 bits per heavy atom. The van der Waals surface area contributed by atoms with Gasteiger partial charge in [0.25, 0.3) is 0 Å². The molecule has 158 valence electrons. The maximum Gasteiger partial charge on any atom is 0.321 e. The van der Waals surface area contributed by atoms with Crippen molar-refractivity contribution in [2.24, 2.45) is 0 Å². The first kappa shape index (κ1) is 22.8. The summed E-state index contributed by atoms with van der Waals surface area (Å²) in [6.07, 6.45) is 0.937. The van der Waals surface area contributed by atoms with Gasteiger partial charge in [0.2, 0.25) is 5.91 Å². The van der Waals surface area contributed by atoms with Gasteiger partial charge >= 0.3 is 6.03 Å². The van der Waals surface area contributed by atoms with Crippen LogP contribution in [0.2, 0.25) is 0 Å². The molecule has 11 heteroatoms. The van der Waals surface area contributed by atoms with E-state index in [9.17, 15) is 22.4 Å². The summed E-state index contributed by atoms with van der Waals surface area (Å²) in [6.45, 7) is 6.88. The lowest BCUT2D eigenvalue weighted by molar-refractivity contribution is -0.123. The predicted octanol–water partition coefficient (Wildman–Crippen LogP) is 2.70. The number of carbonyl (C=O) groups excluding carboxylic acids is 2. The Hall–Kier alpha value is -2.53. The summed E-state index contributed by atoms with van der Waals surface area (Å²) in [5, 5.41) is 8.02. The second kappa shape index (κ2) is 8.87. The first-order valence-electron chi connectivity index (χ1n) is 8.73. The van der Waals surface area contributed by atoms with Gasteiger partial charge in [0, 0.05) is 12.3 Å². The molecular weight excluding hydrogens is 419 g/mol. The molecule has 1 aromatic carbocycles. The van der Waals surface area contributed by atoms with E-state index in [-0.39, 0.29) is 22.0 Å². The number of hydrogen-bond acceptors (Lipinski definition) is 6. The fourth-order valence-corrected chi connectivity index (χ4v) is 4.15. The molecule has 0 fully saturated rings. The number of thiazole rings is 1. The zero-order chi connectivity index (χ0) is 21.9. The Morgan fingerprint density at radius 2 is 1.83 bits per heavy atom. The number of hydrogen-bond donors (Lipinski definition) is 3. The van der Waals surface area contributed by atoms with Crippen LogP contribution in [0.25, 0.3) is 10.4 Å². The van der Waals surface area contributed by atoms with Crippen LogP contribution in [-0.2, 0) is 14.6 Å². The number of nitrogens with one attached hydrogen (secondary N) is 3. The first-order chi connectivity index (χ1) is 13.4.